The monoisotopic (exact) mass is 193 g/mol. The van der Waals surface area contributed by atoms with Crippen LogP contribution in [0.25, 0.3) is 10.7 Å². The zero-order valence-electron chi connectivity index (χ0n) is 6.97. The fourth-order valence-electron chi connectivity index (χ4n) is 1.10. The van der Waals surface area contributed by atoms with Gasteiger partial charge in [-0.05, 0) is 0 Å². The van der Waals surface area contributed by atoms with Gasteiger partial charge in [0.1, 0.15) is 10.7 Å². The normalized spacial score (nSPS) is 10.2. The van der Waals surface area contributed by atoms with Crippen molar-refractivity contribution >= 4 is 17.6 Å². The maximum Gasteiger partial charge on any atom is 0.153 e. The first-order chi connectivity index (χ1) is 6.31. The molecule has 0 aliphatic heterocycles. The van der Waals surface area contributed by atoms with Crippen molar-refractivity contribution in [3.63, 3.8) is 0 Å². The molecule has 66 valence electrons. The number of carbonyl (C=O) groups is 1. The quantitative estimate of drug-likeness (QED) is 0.676. The molecule has 4 nitrogen and oxygen atoms in total. The summed E-state index contributed by atoms with van der Waals surface area (Å²) in [5, 5.41) is 6.80. The fraction of sp³-hybridized carbons (Fsp3) is 0.125. The molecule has 0 spiro atoms. The van der Waals surface area contributed by atoms with Gasteiger partial charge in [-0.2, -0.15) is 5.10 Å². The molecule has 13 heavy (non-hydrogen) atoms. The van der Waals surface area contributed by atoms with Gasteiger partial charge in [-0.3, -0.25) is 9.48 Å². The molecule has 0 aromatic carbocycles. The zero-order valence-corrected chi connectivity index (χ0v) is 7.78. The van der Waals surface area contributed by atoms with Crippen LogP contribution in [0, 0.1) is 0 Å². The summed E-state index contributed by atoms with van der Waals surface area (Å²) >= 11 is 1.47. The second-order valence-corrected chi connectivity index (χ2v) is 3.46. The Balaban J connectivity index is 2.56. The fourth-order valence-corrected chi connectivity index (χ4v) is 1.74. The van der Waals surface area contributed by atoms with E-state index in [0.29, 0.717) is 11.3 Å². The van der Waals surface area contributed by atoms with Gasteiger partial charge < -0.3 is 0 Å². The lowest BCUT2D eigenvalue weighted by Crippen LogP contribution is -1.87. The van der Waals surface area contributed by atoms with Crippen molar-refractivity contribution in [3.05, 3.63) is 23.3 Å². The SMILES string of the molecule is Cn1cc(C=O)c(-c2nccs2)n1. The summed E-state index contributed by atoms with van der Waals surface area (Å²) in [6.07, 6.45) is 4.18. The third-order valence-corrected chi connectivity index (χ3v) is 2.40. The smallest absolute Gasteiger partial charge is 0.153 e. The summed E-state index contributed by atoms with van der Waals surface area (Å²) in [6, 6.07) is 0. The Bertz CT molecular complexity index is 419. The van der Waals surface area contributed by atoms with E-state index in [4.69, 9.17) is 0 Å². The molecule has 2 aromatic rings. The van der Waals surface area contributed by atoms with E-state index >= 15 is 0 Å². The predicted molar refractivity (Wildman–Crippen MR) is 49.7 cm³/mol. The Morgan fingerprint density at radius 3 is 3.08 bits per heavy atom. The number of aryl methyl sites for hydroxylation is 1. The minimum atomic E-state index is 0.581. The second-order valence-electron chi connectivity index (χ2n) is 2.56. The summed E-state index contributed by atoms with van der Waals surface area (Å²) in [4.78, 5) is 14.8. The van der Waals surface area contributed by atoms with E-state index in [0.717, 1.165) is 11.3 Å². The van der Waals surface area contributed by atoms with Crippen LogP contribution in [0.5, 0.6) is 0 Å². The van der Waals surface area contributed by atoms with Crippen LogP contribution in [0.1, 0.15) is 10.4 Å². The summed E-state index contributed by atoms with van der Waals surface area (Å²) < 4.78 is 1.61. The number of rotatable bonds is 2. The van der Waals surface area contributed by atoms with E-state index in [-0.39, 0.29) is 0 Å². The maximum atomic E-state index is 10.7. The molecule has 0 amide bonds. The van der Waals surface area contributed by atoms with E-state index in [9.17, 15) is 4.79 Å². The third-order valence-electron chi connectivity index (χ3n) is 1.62. The van der Waals surface area contributed by atoms with Crippen LogP contribution >= 0.6 is 11.3 Å². The van der Waals surface area contributed by atoms with Gasteiger partial charge in [0.05, 0.1) is 5.56 Å². The van der Waals surface area contributed by atoms with Crippen LogP contribution in [0.15, 0.2) is 17.8 Å². The van der Waals surface area contributed by atoms with Gasteiger partial charge in [0.15, 0.2) is 6.29 Å². The largest absolute Gasteiger partial charge is 0.298 e. The third kappa shape index (κ3) is 1.38. The first-order valence-corrected chi connectivity index (χ1v) is 4.58. The molecular formula is C8H7N3OS. The van der Waals surface area contributed by atoms with Crippen molar-refractivity contribution in [1.82, 2.24) is 14.8 Å². The number of aromatic nitrogens is 3. The van der Waals surface area contributed by atoms with Gasteiger partial charge in [0.25, 0.3) is 0 Å². The van der Waals surface area contributed by atoms with Crippen LogP contribution < -0.4 is 0 Å². The van der Waals surface area contributed by atoms with Gasteiger partial charge in [0, 0.05) is 24.8 Å². The van der Waals surface area contributed by atoms with Crippen LogP contribution in [-0.2, 0) is 7.05 Å². The maximum absolute atomic E-state index is 10.7. The lowest BCUT2D eigenvalue weighted by Gasteiger charge is -1.88. The van der Waals surface area contributed by atoms with Crippen LogP contribution in [0.4, 0.5) is 0 Å². The Morgan fingerprint density at radius 2 is 2.46 bits per heavy atom. The molecule has 2 heterocycles. The standard InChI is InChI=1S/C8H7N3OS/c1-11-4-6(5-12)7(10-11)8-9-2-3-13-8/h2-5H,1H3. The van der Waals surface area contributed by atoms with E-state index in [1.807, 2.05) is 5.38 Å². The highest BCUT2D eigenvalue weighted by Gasteiger charge is 2.10. The molecular weight excluding hydrogens is 186 g/mol. The number of thiazole rings is 1. The average Bonchev–Trinajstić information content (AvgIpc) is 2.71. The molecule has 0 radical (unpaired) electrons. The Labute approximate surface area is 78.8 Å². The van der Waals surface area contributed by atoms with Crippen LogP contribution in [0.2, 0.25) is 0 Å². The second kappa shape index (κ2) is 3.10. The summed E-state index contributed by atoms with van der Waals surface area (Å²) in [6.45, 7) is 0. The summed E-state index contributed by atoms with van der Waals surface area (Å²) in [5.74, 6) is 0. The van der Waals surface area contributed by atoms with Gasteiger partial charge >= 0.3 is 0 Å². The van der Waals surface area contributed by atoms with Crippen molar-refractivity contribution in [3.8, 4) is 10.7 Å². The highest BCUT2D eigenvalue weighted by Crippen LogP contribution is 2.22. The molecule has 0 N–H and O–H groups in total. The Morgan fingerprint density at radius 1 is 1.62 bits per heavy atom. The minimum Gasteiger partial charge on any atom is -0.298 e. The molecule has 0 aliphatic rings. The highest BCUT2D eigenvalue weighted by atomic mass is 32.1. The van der Waals surface area contributed by atoms with E-state index in [2.05, 4.69) is 10.1 Å². The van der Waals surface area contributed by atoms with Gasteiger partial charge in [-0.25, -0.2) is 4.98 Å². The zero-order chi connectivity index (χ0) is 9.26. The molecule has 0 atom stereocenters. The molecule has 0 saturated heterocycles. The molecule has 0 unspecified atom stereocenters. The first kappa shape index (κ1) is 8.12. The van der Waals surface area contributed by atoms with Gasteiger partial charge in [-0.15, -0.1) is 11.3 Å². The lowest BCUT2D eigenvalue weighted by atomic mass is 10.3. The molecule has 0 aliphatic carbocycles. The van der Waals surface area contributed by atoms with Crippen molar-refractivity contribution in [2.24, 2.45) is 7.05 Å². The van der Waals surface area contributed by atoms with Crippen molar-refractivity contribution < 1.29 is 4.79 Å². The number of hydrogen-bond acceptors (Lipinski definition) is 4. The topological polar surface area (TPSA) is 47.8 Å². The minimum absolute atomic E-state index is 0.581. The Kier molecular flexibility index (Phi) is 1.94. The number of aldehydes is 1. The van der Waals surface area contributed by atoms with Crippen molar-refractivity contribution in [2.45, 2.75) is 0 Å². The number of nitrogens with zero attached hydrogens (tertiary/aromatic N) is 3. The van der Waals surface area contributed by atoms with Crippen molar-refractivity contribution in [1.29, 1.82) is 0 Å². The van der Waals surface area contributed by atoms with Gasteiger partial charge in [-0.1, -0.05) is 0 Å². The lowest BCUT2D eigenvalue weighted by molar-refractivity contribution is 0.112. The molecule has 0 fully saturated rings. The predicted octanol–water partition coefficient (Wildman–Crippen LogP) is 1.36. The summed E-state index contributed by atoms with van der Waals surface area (Å²) in [5.41, 5.74) is 1.24. The van der Waals surface area contributed by atoms with E-state index in [1.165, 1.54) is 11.3 Å². The van der Waals surface area contributed by atoms with E-state index < -0.39 is 0 Å². The van der Waals surface area contributed by atoms with Crippen LogP contribution in [0.3, 0.4) is 0 Å². The van der Waals surface area contributed by atoms with Crippen molar-refractivity contribution in [2.75, 3.05) is 0 Å². The number of hydrogen-bond donors (Lipinski definition) is 0. The summed E-state index contributed by atoms with van der Waals surface area (Å²) in [7, 11) is 1.78. The van der Waals surface area contributed by atoms with E-state index in [1.54, 1.807) is 24.1 Å². The molecule has 5 heteroatoms. The average molecular weight is 193 g/mol. The molecule has 2 aromatic heterocycles. The highest BCUT2D eigenvalue weighted by molar-refractivity contribution is 7.13. The Hall–Kier alpha value is -1.49. The molecule has 0 saturated carbocycles. The van der Waals surface area contributed by atoms with Gasteiger partial charge in [0.2, 0.25) is 0 Å². The number of carbonyl (C=O) groups excluding carboxylic acids is 1. The molecule has 0 bridgehead atoms. The first-order valence-electron chi connectivity index (χ1n) is 3.70. The van der Waals surface area contributed by atoms with Crippen LogP contribution in [-0.4, -0.2) is 21.1 Å². The molecule has 2 rings (SSSR count).